The lowest BCUT2D eigenvalue weighted by Crippen LogP contribution is -2.32. The summed E-state index contributed by atoms with van der Waals surface area (Å²) in [6.07, 6.45) is 0.813. The second kappa shape index (κ2) is 6.59. The van der Waals surface area contributed by atoms with E-state index in [4.69, 9.17) is 4.74 Å². The van der Waals surface area contributed by atoms with E-state index < -0.39 is 16.1 Å². The first-order valence-electron chi connectivity index (χ1n) is 8.40. The molecule has 0 saturated heterocycles. The van der Waals surface area contributed by atoms with Gasteiger partial charge in [0.25, 0.3) is 0 Å². The van der Waals surface area contributed by atoms with Crippen LogP contribution in [0.1, 0.15) is 28.3 Å². The maximum Gasteiger partial charge on any atom is 0.241 e. The van der Waals surface area contributed by atoms with E-state index in [2.05, 4.69) is 16.9 Å². The highest BCUT2D eigenvalue weighted by atomic mass is 32.2. The summed E-state index contributed by atoms with van der Waals surface area (Å²) in [6, 6.07) is 22.0. The van der Waals surface area contributed by atoms with Gasteiger partial charge >= 0.3 is 0 Å². The summed E-state index contributed by atoms with van der Waals surface area (Å²) in [5.74, 6) is 0.623. The molecule has 0 unspecified atom stereocenters. The van der Waals surface area contributed by atoms with Gasteiger partial charge < -0.3 is 4.74 Å². The molecule has 5 heteroatoms. The van der Waals surface area contributed by atoms with Crippen LogP contribution < -0.4 is 9.46 Å². The van der Waals surface area contributed by atoms with Crippen molar-refractivity contribution in [1.29, 1.82) is 0 Å². The number of methoxy groups -OCH3 is 1. The fraction of sp³-hybridized carbons (Fsp3) is 0.143. The third-order valence-corrected chi connectivity index (χ3v) is 6.19. The van der Waals surface area contributed by atoms with E-state index in [1.54, 1.807) is 31.4 Å². The summed E-state index contributed by atoms with van der Waals surface area (Å²) in [7, 11) is -2.12. The summed E-state index contributed by atoms with van der Waals surface area (Å²) in [6.45, 7) is 0. The van der Waals surface area contributed by atoms with Gasteiger partial charge in [-0.2, -0.15) is 4.72 Å². The summed E-state index contributed by atoms with van der Waals surface area (Å²) < 4.78 is 33.9. The van der Waals surface area contributed by atoms with E-state index in [0.29, 0.717) is 5.75 Å². The second-order valence-corrected chi connectivity index (χ2v) is 8.02. The van der Waals surface area contributed by atoms with Crippen molar-refractivity contribution >= 4 is 10.0 Å². The molecule has 1 N–H and O–H groups in total. The Morgan fingerprint density at radius 3 is 1.92 bits per heavy atom. The van der Waals surface area contributed by atoms with Crippen LogP contribution in [0.3, 0.4) is 0 Å². The molecule has 3 aromatic rings. The Morgan fingerprint density at radius 2 is 1.38 bits per heavy atom. The van der Waals surface area contributed by atoms with Crippen molar-refractivity contribution in [3.8, 4) is 5.75 Å². The molecule has 4 nitrogen and oxygen atoms in total. The molecule has 0 aliphatic heterocycles. The van der Waals surface area contributed by atoms with Crippen molar-refractivity contribution in [2.45, 2.75) is 17.4 Å². The lowest BCUT2D eigenvalue weighted by molar-refractivity contribution is 0.414. The number of hydrogen-bond acceptors (Lipinski definition) is 3. The van der Waals surface area contributed by atoms with Crippen molar-refractivity contribution in [1.82, 2.24) is 4.72 Å². The number of ether oxygens (including phenoxy) is 1. The molecule has 1 aliphatic carbocycles. The molecular formula is C21H19NO3S. The monoisotopic (exact) mass is 365 g/mol. The van der Waals surface area contributed by atoms with Gasteiger partial charge in [0.15, 0.2) is 0 Å². The predicted molar refractivity (Wildman–Crippen MR) is 101 cm³/mol. The lowest BCUT2D eigenvalue weighted by atomic mass is 9.83. The first kappa shape index (κ1) is 16.8. The van der Waals surface area contributed by atoms with Gasteiger partial charge in [0.1, 0.15) is 5.75 Å². The Kier molecular flexibility index (Phi) is 4.26. The summed E-state index contributed by atoms with van der Waals surface area (Å²) >= 11 is 0. The SMILES string of the molecule is COc1ccc(S(=O)(=O)NC2c3ccccc3Cc3ccccc32)cc1. The topological polar surface area (TPSA) is 55.4 Å². The molecule has 1 aliphatic rings. The van der Waals surface area contributed by atoms with Crippen LogP contribution in [0.2, 0.25) is 0 Å². The summed E-state index contributed by atoms with van der Waals surface area (Å²) in [5, 5.41) is 0. The number of benzene rings is 3. The lowest BCUT2D eigenvalue weighted by Gasteiger charge is -2.29. The number of hydrogen-bond donors (Lipinski definition) is 1. The smallest absolute Gasteiger partial charge is 0.241 e. The van der Waals surface area contributed by atoms with Gasteiger partial charge in [-0.25, -0.2) is 8.42 Å². The zero-order valence-corrected chi connectivity index (χ0v) is 15.2. The van der Waals surface area contributed by atoms with Crippen LogP contribution in [0.4, 0.5) is 0 Å². The van der Waals surface area contributed by atoms with Gasteiger partial charge in [-0.1, -0.05) is 48.5 Å². The van der Waals surface area contributed by atoms with Crippen molar-refractivity contribution in [2.24, 2.45) is 0 Å². The fourth-order valence-electron chi connectivity index (χ4n) is 3.43. The van der Waals surface area contributed by atoms with E-state index in [1.165, 1.54) is 0 Å². The van der Waals surface area contributed by atoms with Gasteiger partial charge in [-0.15, -0.1) is 0 Å². The number of sulfonamides is 1. The minimum atomic E-state index is -3.68. The largest absolute Gasteiger partial charge is 0.497 e. The van der Waals surface area contributed by atoms with E-state index in [0.717, 1.165) is 28.7 Å². The molecular weight excluding hydrogens is 346 g/mol. The van der Waals surface area contributed by atoms with Crippen LogP contribution in [0.25, 0.3) is 0 Å². The molecule has 0 saturated carbocycles. The minimum Gasteiger partial charge on any atom is -0.497 e. The first-order chi connectivity index (χ1) is 12.6. The average molecular weight is 365 g/mol. The van der Waals surface area contributed by atoms with Gasteiger partial charge in [-0.05, 0) is 52.9 Å². The standard InChI is InChI=1S/C21H19NO3S/c1-25-17-10-12-18(13-11-17)26(23,24)22-21-19-8-4-2-6-15(19)14-16-7-3-5-9-20(16)21/h2-13,21-22H,14H2,1H3. The van der Waals surface area contributed by atoms with Crippen molar-refractivity contribution in [3.63, 3.8) is 0 Å². The summed E-state index contributed by atoms with van der Waals surface area (Å²) in [5.41, 5.74) is 4.30. The minimum absolute atomic E-state index is 0.221. The molecule has 0 radical (unpaired) electrons. The van der Waals surface area contributed by atoms with Crippen molar-refractivity contribution < 1.29 is 13.2 Å². The van der Waals surface area contributed by atoms with Gasteiger partial charge in [0, 0.05) is 0 Å². The quantitative estimate of drug-likeness (QED) is 0.768. The maximum atomic E-state index is 13.0. The van der Waals surface area contributed by atoms with Gasteiger partial charge in [0.2, 0.25) is 10.0 Å². The van der Waals surface area contributed by atoms with Crippen LogP contribution in [0.15, 0.2) is 77.7 Å². The van der Waals surface area contributed by atoms with E-state index in [9.17, 15) is 8.42 Å². The molecule has 0 heterocycles. The van der Waals surface area contributed by atoms with E-state index >= 15 is 0 Å². The van der Waals surface area contributed by atoms with Crippen LogP contribution in [-0.2, 0) is 16.4 Å². The first-order valence-corrected chi connectivity index (χ1v) is 9.89. The van der Waals surface area contributed by atoms with Gasteiger partial charge in [-0.3, -0.25) is 0 Å². The fourth-order valence-corrected chi connectivity index (χ4v) is 4.63. The molecule has 132 valence electrons. The number of nitrogens with one attached hydrogen (secondary N) is 1. The molecule has 26 heavy (non-hydrogen) atoms. The van der Waals surface area contributed by atoms with E-state index in [-0.39, 0.29) is 4.90 Å². The number of rotatable bonds is 4. The maximum absolute atomic E-state index is 13.0. The van der Waals surface area contributed by atoms with Crippen LogP contribution in [-0.4, -0.2) is 15.5 Å². The predicted octanol–water partition coefficient (Wildman–Crippen LogP) is 3.67. The highest BCUT2D eigenvalue weighted by molar-refractivity contribution is 7.89. The molecule has 4 rings (SSSR count). The third kappa shape index (κ3) is 3.00. The normalized spacial score (nSPS) is 13.7. The summed E-state index contributed by atoms with van der Waals surface area (Å²) in [4.78, 5) is 0.221. The zero-order valence-electron chi connectivity index (χ0n) is 14.3. The van der Waals surface area contributed by atoms with Crippen LogP contribution in [0.5, 0.6) is 5.75 Å². The Labute approximate surface area is 153 Å². The Balaban J connectivity index is 1.75. The highest BCUT2D eigenvalue weighted by Gasteiger charge is 2.29. The average Bonchev–Trinajstić information content (AvgIpc) is 2.68. The van der Waals surface area contributed by atoms with Crippen molar-refractivity contribution in [2.75, 3.05) is 7.11 Å². The van der Waals surface area contributed by atoms with Crippen molar-refractivity contribution in [3.05, 3.63) is 95.1 Å². The molecule has 0 atom stereocenters. The second-order valence-electron chi connectivity index (χ2n) is 6.30. The van der Waals surface area contributed by atoms with Gasteiger partial charge in [0.05, 0.1) is 18.0 Å². The molecule has 0 bridgehead atoms. The Morgan fingerprint density at radius 1 is 0.846 bits per heavy atom. The molecule has 3 aromatic carbocycles. The van der Waals surface area contributed by atoms with Crippen LogP contribution in [0, 0.1) is 0 Å². The molecule has 0 fully saturated rings. The Hall–Kier alpha value is -2.63. The van der Waals surface area contributed by atoms with Crippen LogP contribution >= 0.6 is 0 Å². The zero-order chi connectivity index (χ0) is 18.1. The third-order valence-electron chi connectivity index (χ3n) is 4.76. The van der Waals surface area contributed by atoms with E-state index in [1.807, 2.05) is 36.4 Å². The molecule has 0 aromatic heterocycles. The Bertz CT molecular complexity index is 997. The molecule has 0 amide bonds. The highest BCUT2D eigenvalue weighted by Crippen LogP contribution is 2.35. The molecule has 0 spiro atoms. The number of fused-ring (bicyclic) bond motifs is 2.